The molecule has 12 nitrogen and oxygen atoms in total. The number of piperazine rings is 1. The van der Waals surface area contributed by atoms with Gasteiger partial charge in [0.2, 0.25) is 17.8 Å². The van der Waals surface area contributed by atoms with Crippen molar-refractivity contribution in [1.29, 1.82) is 0 Å². The van der Waals surface area contributed by atoms with Crippen LogP contribution in [0.25, 0.3) is 4.85 Å². The number of carbonyl (C=O) groups is 1. The van der Waals surface area contributed by atoms with Crippen LogP contribution in [0, 0.1) is 6.57 Å². The number of nitrogens with one attached hydrogen (secondary N) is 3. The van der Waals surface area contributed by atoms with Gasteiger partial charge < -0.3 is 25.6 Å². The number of aromatic nitrogens is 3. The molecule has 0 saturated carbocycles. The highest BCUT2D eigenvalue weighted by Crippen LogP contribution is 2.29. The van der Waals surface area contributed by atoms with Crippen LogP contribution >= 0.6 is 11.6 Å². The number of hydrogen-bond donors (Lipinski definition) is 3. The zero-order valence-electron chi connectivity index (χ0n) is 26.9. The van der Waals surface area contributed by atoms with E-state index in [1.54, 1.807) is 12.1 Å². The van der Waals surface area contributed by atoms with Crippen LogP contribution in [0.2, 0.25) is 5.02 Å². The molecule has 1 saturated heterocycles. The average Bonchev–Trinajstić information content (AvgIpc) is 3.50. The number of methoxy groups -OCH3 is 1. The van der Waals surface area contributed by atoms with Crippen LogP contribution in [0.15, 0.2) is 71.7 Å². The van der Waals surface area contributed by atoms with Crippen molar-refractivity contribution in [3.63, 3.8) is 0 Å². The van der Waals surface area contributed by atoms with Gasteiger partial charge in [0.05, 0.1) is 25.9 Å². The third kappa shape index (κ3) is 8.63. The highest BCUT2D eigenvalue weighted by atomic mass is 35.5. The Morgan fingerprint density at radius 2 is 1.75 bits per heavy atom. The lowest BCUT2D eigenvalue weighted by Gasteiger charge is -2.32. The van der Waals surface area contributed by atoms with Crippen LogP contribution < -0.4 is 16.0 Å². The first-order valence-corrected chi connectivity index (χ1v) is 16.1. The van der Waals surface area contributed by atoms with Gasteiger partial charge in [-0.2, -0.15) is 15.0 Å². The van der Waals surface area contributed by atoms with Crippen molar-refractivity contribution >= 4 is 58.2 Å². The molecule has 246 valence electrons. The number of likely N-dealkylation sites (N-methyl/N-ethyl adjacent to an activating group) is 1. The van der Waals surface area contributed by atoms with E-state index in [-0.39, 0.29) is 5.95 Å². The second-order valence-corrected chi connectivity index (χ2v) is 12.3. The zero-order chi connectivity index (χ0) is 33.5. The Kier molecular flexibility index (Phi) is 10.4. The van der Waals surface area contributed by atoms with Gasteiger partial charge >= 0.3 is 5.97 Å². The van der Waals surface area contributed by atoms with Crippen molar-refractivity contribution < 1.29 is 9.53 Å². The van der Waals surface area contributed by atoms with Gasteiger partial charge in [-0.15, -0.1) is 0 Å². The Morgan fingerprint density at radius 3 is 2.52 bits per heavy atom. The summed E-state index contributed by atoms with van der Waals surface area (Å²) in [5.41, 5.74) is 6.29. The van der Waals surface area contributed by atoms with Crippen LogP contribution in [0.3, 0.4) is 0 Å². The second kappa shape index (κ2) is 15.2. The van der Waals surface area contributed by atoms with Crippen molar-refractivity contribution in [3.8, 4) is 0 Å². The number of hydrogen-bond acceptors (Lipinski definition) is 11. The summed E-state index contributed by atoms with van der Waals surface area (Å²) in [6, 6.07) is 20.2. The van der Waals surface area contributed by atoms with E-state index < -0.39 is 12.0 Å². The SMILES string of the molecule is [C-]#[N+]c1ccc(C[C@H](Nc2nc(NCC3=Nc4cc(Cl)ccc4C3)nc(Nc3cccc(CN4CCN(C)CC4)c3)n2)C(=O)OC)cc1. The summed E-state index contributed by atoms with van der Waals surface area (Å²) in [6.45, 7) is 12.6. The van der Waals surface area contributed by atoms with Crippen LogP contribution in [0.5, 0.6) is 0 Å². The van der Waals surface area contributed by atoms with Gasteiger partial charge in [-0.05, 0) is 48.0 Å². The molecule has 1 aromatic heterocycles. The fraction of sp³-hybridized carbons (Fsp3) is 0.314. The van der Waals surface area contributed by atoms with Gasteiger partial charge in [-0.25, -0.2) is 9.64 Å². The number of rotatable bonds is 12. The molecule has 0 radical (unpaired) electrons. The standard InChI is InChI=1S/C35H37ClN10O2/c1-37-27-11-7-23(8-12-27)18-31(32(47)48-3)41-35-43-33(38-21-29-19-25-9-10-26(36)20-30(25)39-29)42-34(44-35)40-28-6-4-5-24(17-28)22-46-15-13-45(2)14-16-46/h4-12,17,20,31H,13-16,18-19,21-22H2,2-3H3,(H3,38,40,41,42,43,44)/t31-/m0/s1. The summed E-state index contributed by atoms with van der Waals surface area (Å²) in [4.78, 5) is 39.8. The van der Waals surface area contributed by atoms with Gasteiger partial charge in [0.15, 0.2) is 5.69 Å². The predicted molar refractivity (Wildman–Crippen MR) is 189 cm³/mol. The molecular formula is C35H37ClN10O2. The molecular weight excluding hydrogens is 628 g/mol. The lowest BCUT2D eigenvalue weighted by Crippen LogP contribution is -2.43. The molecule has 0 spiro atoms. The number of ether oxygens (including phenoxy) is 1. The molecule has 0 aliphatic carbocycles. The quantitative estimate of drug-likeness (QED) is 0.132. The number of fused-ring (bicyclic) bond motifs is 1. The van der Waals surface area contributed by atoms with Gasteiger partial charge in [0.1, 0.15) is 6.04 Å². The fourth-order valence-corrected chi connectivity index (χ4v) is 5.82. The van der Waals surface area contributed by atoms with Gasteiger partial charge in [0.25, 0.3) is 0 Å². The number of anilines is 4. The van der Waals surface area contributed by atoms with E-state index in [1.165, 1.54) is 12.7 Å². The number of halogens is 1. The van der Waals surface area contributed by atoms with Gasteiger partial charge in [-0.3, -0.25) is 9.89 Å². The summed E-state index contributed by atoms with van der Waals surface area (Å²) in [7, 11) is 3.50. The molecule has 3 aromatic carbocycles. The average molecular weight is 665 g/mol. The highest BCUT2D eigenvalue weighted by Gasteiger charge is 2.23. The van der Waals surface area contributed by atoms with E-state index in [2.05, 4.69) is 64.7 Å². The topological polar surface area (TPSA) is 124 Å². The summed E-state index contributed by atoms with van der Waals surface area (Å²) in [6.07, 6.45) is 0.992. The minimum Gasteiger partial charge on any atom is -0.467 e. The van der Waals surface area contributed by atoms with Crippen molar-refractivity contribution in [2.24, 2.45) is 4.99 Å². The molecule has 1 atom stereocenters. The number of aliphatic imine (C=N–C) groups is 1. The lowest BCUT2D eigenvalue weighted by atomic mass is 10.1. The van der Waals surface area contributed by atoms with Crippen LogP contribution in [-0.2, 0) is 28.9 Å². The fourth-order valence-electron chi connectivity index (χ4n) is 5.65. The second-order valence-electron chi connectivity index (χ2n) is 11.9. The molecule has 3 heterocycles. The Labute approximate surface area is 285 Å². The molecule has 3 N–H and O–H groups in total. The van der Waals surface area contributed by atoms with E-state index in [0.717, 1.165) is 60.9 Å². The Morgan fingerprint density at radius 1 is 0.979 bits per heavy atom. The van der Waals surface area contributed by atoms with Crippen molar-refractivity contribution in [2.75, 3.05) is 62.8 Å². The number of esters is 1. The Hall–Kier alpha value is -5.09. The minimum atomic E-state index is -0.790. The minimum absolute atomic E-state index is 0.195. The first-order valence-electron chi connectivity index (χ1n) is 15.8. The zero-order valence-corrected chi connectivity index (χ0v) is 27.7. The van der Waals surface area contributed by atoms with Crippen molar-refractivity contribution in [3.05, 3.63) is 99.9 Å². The van der Waals surface area contributed by atoms with E-state index in [1.807, 2.05) is 42.5 Å². The first kappa shape index (κ1) is 32.8. The van der Waals surface area contributed by atoms with Crippen molar-refractivity contribution in [2.45, 2.75) is 25.4 Å². The molecule has 1 fully saturated rings. The van der Waals surface area contributed by atoms with E-state index in [4.69, 9.17) is 27.9 Å². The molecule has 48 heavy (non-hydrogen) atoms. The predicted octanol–water partition coefficient (Wildman–Crippen LogP) is 5.50. The molecule has 2 aliphatic heterocycles. The molecule has 0 unspecified atom stereocenters. The maximum atomic E-state index is 12.9. The Balaban J connectivity index is 1.22. The number of benzene rings is 3. The van der Waals surface area contributed by atoms with Crippen LogP contribution in [-0.4, -0.2) is 89.4 Å². The van der Waals surface area contributed by atoms with Gasteiger partial charge in [-0.1, -0.05) is 54.1 Å². The molecule has 0 bridgehead atoms. The maximum absolute atomic E-state index is 12.9. The smallest absolute Gasteiger partial charge is 0.328 e. The van der Waals surface area contributed by atoms with Crippen LogP contribution in [0.1, 0.15) is 16.7 Å². The van der Waals surface area contributed by atoms with Crippen molar-refractivity contribution in [1.82, 2.24) is 24.8 Å². The third-order valence-electron chi connectivity index (χ3n) is 8.29. The van der Waals surface area contributed by atoms with Gasteiger partial charge in [0, 0.05) is 62.0 Å². The summed E-state index contributed by atoms with van der Waals surface area (Å²) < 4.78 is 5.11. The summed E-state index contributed by atoms with van der Waals surface area (Å²) in [5, 5.41) is 10.4. The molecule has 13 heteroatoms. The first-order chi connectivity index (χ1) is 23.3. The van der Waals surface area contributed by atoms with Crippen LogP contribution in [0.4, 0.5) is 34.9 Å². The number of nitrogens with zero attached hydrogens (tertiary/aromatic N) is 7. The molecule has 6 rings (SSSR count). The third-order valence-corrected chi connectivity index (χ3v) is 8.52. The normalized spacial score (nSPS) is 15.2. The molecule has 2 aliphatic rings. The van der Waals surface area contributed by atoms with E-state index in [9.17, 15) is 4.79 Å². The van der Waals surface area contributed by atoms with E-state index >= 15 is 0 Å². The largest absolute Gasteiger partial charge is 0.467 e. The molecule has 4 aromatic rings. The summed E-state index contributed by atoms with van der Waals surface area (Å²) >= 11 is 6.17. The maximum Gasteiger partial charge on any atom is 0.328 e. The molecule has 0 amide bonds. The Bertz CT molecular complexity index is 1830. The monoisotopic (exact) mass is 664 g/mol. The highest BCUT2D eigenvalue weighted by molar-refractivity contribution is 6.31. The number of carbonyl (C=O) groups excluding carboxylic acids is 1. The lowest BCUT2D eigenvalue weighted by molar-refractivity contribution is -0.141. The van der Waals surface area contributed by atoms with E-state index in [0.29, 0.717) is 42.0 Å². The summed E-state index contributed by atoms with van der Waals surface area (Å²) in [5.74, 6) is 0.340.